The van der Waals surface area contributed by atoms with Crippen LogP contribution in [0, 0.1) is 39.9 Å². The number of esters is 2. The van der Waals surface area contributed by atoms with Crippen molar-refractivity contribution < 1.29 is 19.1 Å². The number of methoxy groups -OCH3 is 1. The predicted octanol–water partition coefficient (Wildman–Crippen LogP) is 4.75. The quantitative estimate of drug-likeness (QED) is 0.653. The summed E-state index contributed by atoms with van der Waals surface area (Å²) >= 11 is 0. The fourth-order valence-corrected chi connectivity index (χ4v) is 8.54. The second kappa shape index (κ2) is 6.22. The Hall–Kier alpha value is -1.06. The van der Waals surface area contributed by atoms with Gasteiger partial charge in [0.25, 0.3) is 0 Å². The normalized spacial score (nSPS) is 51.1. The molecule has 0 aromatic heterocycles. The van der Waals surface area contributed by atoms with E-state index in [1.165, 1.54) is 46.1 Å². The van der Waals surface area contributed by atoms with Crippen molar-refractivity contribution in [3.05, 3.63) is 0 Å². The molecule has 4 aliphatic rings. The number of ether oxygens (including phenoxy) is 2. The standard InChI is InChI=1S/C23H36O4/c1-14-12-23-11-8-17-21(3,20(25)26-5)10-9-19(27-15(2)24)22(17,4)18(23)7-6-16(14)13-23/h14,16-19H,6-13H2,1-5H3/t14-,16-,17+,18-,19-,21+,22+,23+/m0/s1. The molecule has 2 bridgehead atoms. The number of hydrogen-bond donors (Lipinski definition) is 0. The summed E-state index contributed by atoms with van der Waals surface area (Å²) in [4.78, 5) is 24.8. The first kappa shape index (κ1) is 19.3. The summed E-state index contributed by atoms with van der Waals surface area (Å²) in [5.74, 6) is 2.17. The van der Waals surface area contributed by atoms with Crippen molar-refractivity contribution >= 4 is 11.9 Å². The molecule has 0 N–H and O–H groups in total. The van der Waals surface area contributed by atoms with Crippen LogP contribution in [0.15, 0.2) is 0 Å². The van der Waals surface area contributed by atoms with Gasteiger partial charge in [-0.25, -0.2) is 0 Å². The molecule has 4 heteroatoms. The van der Waals surface area contributed by atoms with Gasteiger partial charge in [-0.05, 0) is 87.4 Å². The molecule has 0 heterocycles. The molecule has 0 aromatic rings. The molecular weight excluding hydrogens is 340 g/mol. The molecule has 4 aliphatic carbocycles. The Morgan fingerprint density at radius 2 is 1.70 bits per heavy atom. The maximum Gasteiger partial charge on any atom is 0.311 e. The highest BCUT2D eigenvalue weighted by atomic mass is 16.5. The van der Waals surface area contributed by atoms with Gasteiger partial charge in [0.1, 0.15) is 6.10 Å². The van der Waals surface area contributed by atoms with Crippen LogP contribution in [0.25, 0.3) is 0 Å². The first-order valence-electron chi connectivity index (χ1n) is 10.9. The van der Waals surface area contributed by atoms with Gasteiger partial charge in [0.15, 0.2) is 0 Å². The van der Waals surface area contributed by atoms with Gasteiger partial charge < -0.3 is 9.47 Å². The summed E-state index contributed by atoms with van der Waals surface area (Å²) in [6.07, 6.45) is 8.87. The Labute approximate surface area is 163 Å². The predicted molar refractivity (Wildman–Crippen MR) is 103 cm³/mol. The van der Waals surface area contributed by atoms with Gasteiger partial charge in [-0.3, -0.25) is 9.59 Å². The minimum Gasteiger partial charge on any atom is -0.469 e. The lowest BCUT2D eigenvalue weighted by atomic mass is 9.40. The first-order chi connectivity index (χ1) is 12.7. The fourth-order valence-electron chi connectivity index (χ4n) is 8.54. The number of carbonyl (C=O) groups excluding carboxylic acids is 2. The van der Waals surface area contributed by atoms with Crippen molar-refractivity contribution in [2.75, 3.05) is 7.11 Å². The van der Waals surface area contributed by atoms with Crippen LogP contribution in [0.1, 0.15) is 79.1 Å². The molecule has 27 heavy (non-hydrogen) atoms. The van der Waals surface area contributed by atoms with Gasteiger partial charge in [0, 0.05) is 12.3 Å². The molecule has 0 aliphatic heterocycles. The van der Waals surface area contributed by atoms with Crippen molar-refractivity contribution in [2.45, 2.75) is 85.2 Å². The van der Waals surface area contributed by atoms with E-state index in [0.29, 0.717) is 11.3 Å². The van der Waals surface area contributed by atoms with Gasteiger partial charge >= 0.3 is 11.9 Å². The van der Waals surface area contributed by atoms with E-state index in [9.17, 15) is 9.59 Å². The van der Waals surface area contributed by atoms with Gasteiger partial charge in [0.2, 0.25) is 0 Å². The molecule has 152 valence electrons. The highest BCUT2D eigenvalue weighted by molar-refractivity contribution is 5.77. The third-order valence-corrected chi connectivity index (χ3v) is 9.55. The lowest BCUT2D eigenvalue weighted by Gasteiger charge is -2.65. The smallest absolute Gasteiger partial charge is 0.311 e. The van der Waals surface area contributed by atoms with Gasteiger partial charge in [0.05, 0.1) is 12.5 Å². The maximum absolute atomic E-state index is 12.9. The van der Waals surface area contributed by atoms with Crippen LogP contribution in [0.4, 0.5) is 0 Å². The van der Waals surface area contributed by atoms with Gasteiger partial charge in [-0.1, -0.05) is 13.8 Å². The second-order valence-electron chi connectivity index (χ2n) is 10.6. The molecule has 0 saturated heterocycles. The Balaban J connectivity index is 1.78. The van der Waals surface area contributed by atoms with E-state index < -0.39 is 5.41 Å². The minimum absolute atomic E-state index is 0.0765. The van der Waals surface area contributed by atoms with Crippen molar-refractivity contribution in [1.29, 1.82) is 0 Å². The molecule has 4 rings (SSSR count). The molecule has 4 fully saturated rings. The highest BCUT2D eigenvalue weighted by Gasteiger charge is 2.69. The zero-order valence-electron chi connectivity index (χ0n) is 17.7. The molecule has 0 aromatic carbocycles. The van der Waals surface area contributed by atoms with Crippen LogP contribution in [-0.4, -0.2) is 25.2 Å². The van der Waals surface area contributed by atoms with Crippen LogP contribution >= 0.6 is 0 Å². The van der Waals surface area contributed by atoms with Crippen LogP contribution < -0.4 is 0 Å². The highest BCUT2D eigenvalue weighted by Crippen LogP contribution is 2.72. The lowest BCUT2D eigenvalue weighted by molar-refractivity contribution is -0.222. The topological polar surface area (TPSA) is 52.6 Å². The van der Waals surface area contributed by atoms with Crippen LogP contribution in [0.5, 0.6) is 0 Å². The Morgan fingerprint density at radius 1 is 0.963 bits per heavy atom. The van der Waals surface area contributed by atoms with Crippen molar-refractivity contribution in [3.63, 3.8) is 0 Å². The van der Waals surface area contributed by atoms with Crippen LogP contribution in [-0.2, 0) is 19.1 Å². The summed E-state index contributed by atoms with van der Waals surface area (Å²) in [5.41, 5.74) is -0.219. The summed E-state index contributed by atoms with van der Waals surface area (Å²) in [5, 5.41) is 0. The zero-order valence-corrected chi connectivity index (χ0v) is 17.7. The van der Waals surface area contributed by atoms with E-state index >= 15 is 0 Å². The van der Waals surface area contributed by atoms with E-state index in [1.807, 2.05) is 0 Å². The Kier molecular flexibility index (Phi) is 4.44. The van der Waals surface area contributed by atoms with Gasteiger partial charge in [-0.15, -0.1) is 0 Å². The molecular formula is C23H36O4. The monoisotopic (exact) mass is 376 g/mol. The van der Waals surface area contributed by atoms with E-state index in [0.717, 1.165) is 31.1 Å². The van der Waals surface area contributed by atoms with E-state index in [-0.39, 0.29) is 29.4 Å². The molecule has 0 amide bonds. The molecule has 8 atom stereocenters. The van der Waals surface area contributed by atoms with Crippen molar-refractivity contribution in [1.82, 2.24) is 0 Å². The van der Waals surface area contributed by atoms with E-state index in [1.54, 1.807) is 0 Å². The molecule has 0 unspecified atom stereocenters. The average Bonchev–Trinajstić information content (AvgIpc) is 2.85. The van der Waals surface area contributed by atoms with Crippen LogP contribution in [0.3, 0.4) is 0 Å². The fraction of sp³-hybridized carbons (Fsp3) is 0.913. The zero-order chi connectivity index (χ0) is 19.6. The molecule has 1 spiro atoms. The van der Waals surface area contributed by atoms with Crippen LogP contribution in [0.2, 0.25) is 0 Å². The average molecular weight is 377 g/mol. The number of carbonyl (C=O) groups is 2. The number of rotatable bonds is 2. The number of hydrogen-bond acceptors (Lipinski definition) is 4. The SMILES string of the molecule is COC(=O)[C@]1(C)CC[C@H](OC(C)=O)[C@@]2(C)[C@@H]3CC[C@H]4C[C@@]3(CC[C@@H]21)C[C@@H]4C. The third kappa shape index (κ3) is 2.54. The Bertz CT molecular complexity index is 640. The third-order valence-electron chi connectivity index (χ3n) is 9.55. The Morgan fingerprint density at radius 3 is 2.37 bits per heavy atom. The summed E-state index contributed by atoms with van der Waals surface area (Å²) < 4.78 is 11.2. The van der Waals surface area contributed by atoms with E-state index in [2.05, 4.69) is 20.8 Å². The first-order valence-corrected chi connectivity index (χ1v) is 10.9. The van der Waals surface area contributed by atoms with E-state index in [4.69, 9.17) is 9.47 Å². The number of fused-ring (bicyclic) bond motifs is 3. The molecule has 0 radical (unpaired) electrons. The minimum atomic E-state index is -0.469. The lowest BCUT2D eigenvalue weighted by Crippen LogP contribution is -2.64. The van der Waals surface area contributed by atoms with Gasteiger partial charge in [-0.2, -0.15) is 0 Å². The second-order valence-corrected chi connectivity index (χ2v) is 10.6. The van der Waals surface area contributed by atoms with Crippen molar-refractivity contribution in [2.24, 2.45) is 39.9 Å². The molecule has 4 saturated carbocycles. The summed E-state index contributed by atoms with van der Waals surface area (Å²) in [7, 11) is 1.51. The maximum atomic E-state index is 12.9. The summed E-state index contributed by atoms with van der Waals surface area (Å²) in [6, 6.07) is 0. The molecule has 4 nitrogen and oxygen atoms in total. The largest absolute Gasteiger partial charge is 0.469 e. The summed E-state index contributed by atoms with van der Waals surface area (Å²) in [6.45, 7) is 8.41. The van der Waals surface area contributed by atoms with Crippen molar-refractivity contribution in [3.8, 4) is 0 Å².